The molecule has 0 bridgehead atoms. The summed E-state index contributed by atoms with van der Waals surface area (Å²) in [6.07, 6.45) is 8.30. The molecule has 78 valence electrons. The molecule has 1 nitrogen and oxygen atoms in total. The lowest BCUT2D eigenvalue weighted by molar-refractivity contribution is 0.299. The Labute approximate surface area is 83.3 Å². The van der Waals surface area contributed by atoms with Crippen molar-refractivity contribution >= 4 is 0 Å². The second kappa shape index (κ2) is 4.99. The van der Waals surface area contributed by atoms with E-state index in [9.17, 15) is 0 Å². The van der Waals surface area contributed by atoms with Crippen LogP contribution in [0, 0.1) is 5.92 Å². The SMILES string of the molecule is CC(C)CCC1(C)CCCCCN1. The van der Waals surface area contributed by atoms with Crippen molar-refractivity contribution in [3.05, 3.63) is 0 Å². The number of hydrogen-bond acceptors (Lipinski definition) is 1. The summed E-state index contributed by atoms with van der Waals surface area (Å²) in [5, 5.41) is 3.71. The van der Waals surface area contributed by atoms with Crippen LogP contribution in [0.15, 0.2) is 0 Å². The quantitative estimate of drug-likeness (QED) is 0.707. The molecule has 1 saturated heterocycles. The van der Waals surface area contributed by atoms with Crippen molar-refractivity contribution in [3.63, 3.8) is 0 Å². The molecule has 1 N–H and O–H groups in total. The topological polar surface area (TPSA) is 12.0 Å². The molecule has 1 heteroatoms. The van der Waals surface area contributed by atoms with Gasteiger partial charge in [0.1, 0.15) is 0 Å². The summed E-state index contributed by atoms with van der Waals surface area (Å²) < 4.78 is 0. The van der Waals surface area contributed by atoms with Crippen molar-refractivity contribution in [3.8, 4) is 0 Å². The van der Waals surface area contributed by atoms with Gasteiger partial charge >= 0.3 is 0 Å². The van der Waals surface area contributed by atoms with Gasteiger partial charge in [-0.3, -0.25) is 0 Å². The zero-order chi connectivity index (χ0) is 9.73. The first kappa shape index (κ1) is 11.0. The summed E-state index contributed by atoms with van der Waals surface area (Å²) in [6, 6.07) is 0. The van der Waals surface area contributed by atoms with Crippen molar-refractivity contribution in [2.45, 2.75) is 64.8 Å². The summed E-state index contributed by atoms with van der Waals surface area (Å²) in [5.41, 5.74) is 0.445. The highest BCUT2D eigenvalue weighted by molar-refractivity contribution is 4.85. The number of hydrogen-bond donors (Lipinski definition) is 1. The third-order valence-electron chi connectivity index (χ3n) is 3.23. The van der Waals surface area contributed by atoms with Gasteiger partial charge in [0.15, 0.2) is 0 Å². The van der Waals surface area contributed by atoms with E-state index in [1.807, 2.05) is 0 Å². The van der Waals surface area contributed by atoms with Crippen LogP contribution in [0.3, 0.4) is 0 Å². The van der Waals surface area contributed by atoms with Crippen LogP contribution >= 0.6 is 0 Å². The highest BCUT2D eigenvalue weighted by Gasteiger charge is 2.24. The van der Waals surface area contributed by atoms with Gasteiger partial charge in [-0.2, -0.15) is 0 Å². The molecule has 1 rings (SSSR count). The summed E-state index contributed by atoms with van der Waals surface area (Å²) in [6.45, 7) is 8.27. The summed E-state index contributed by atoms with van der Waals surface area (Å²) in [5.74, 6) is 0.849. The lowest BCUT2D eigenvalue weighted by Gasteiger charge is -2.30. The Balaban J connectivity index is 2.33. The fourth-order valence-electron chi connectivity index (χ4n) is 2.12. The van der Waals surface area contributed by atoms with Crippen LogP contribution in [0.1, 0.15) is 59.3 Å². The van der Waals surface area contributed by atoms with E-state index < -0.39 is 0 Å². The van der Waals surface area contributed by atoms with Crippen molar-refractivity contribution in [2.75, 3.05) is 6.54 Å². The van der Waals surface area contributed by atoms with Gasteiger partial charge in [0.05, 0.1) is 0 Å². The van der Waals surface area contributed by atoms with Gasteiger partial charge in [0.2, 0.25) is 0 Å². The minimum absolute atomic E-state index is 0.445. The maximum Gasteiger partial charge on any atom is 0.0153 e. The van der Waals surface area contributed by atoms with Gasteiger partial charge < -0.3 is 5.32 Å². The maximum absolute atomic E-state index is 3.71. The third-order valence-corrected chi connectivity index (χ3v) is 3.23. The van der Waals surface area contributed by atoms with E-state index in [2.05, 4.69) is 26.1 Å². The standard InChI is InChI=1S/C12H25N/c1-11(2)7-9-12(3)8-5-4-6-10-13-12/h11,13H,4-10H2,1-3H3. The van der Waals surface area contributed by atoms with Crippen molar-refractivity contribution in [2.24, 2.45) is 5.92 Å². The van der Waals surface area contributed by atoms with Crippen molar-refractivity contribution < 1.29 is 0 Å². The van der Waals surface area contributed by atoms with Crippen LogP contribution < -0.4 is 5.32 Å². The largest absolute Gasteiger partial charge is 0.312 e. The minimum Gasteiger partial charge on any atom is -0.312 e. The molecule has 1 fully saturated rings. The molecule has 0 aromatic heterocycles. The van der Waals surface area contributed by atoms with Crippen LogP contribution in [-0.2, 0) is 0 Å². The molecule has 0 saturated carbocycles. The zero-order valence-corrected chi connectivity index (χ0v) is 9.53. The van der Waals surface area contributed by atoms with Crippen LogP contribution in [0.4, 0.5) is 0 Å². The molecule has 13 heavy (non-hydrogen) atoms. The van der Waals surface area contributed by atoms with Crippen molar-refractivity contribution in [1.82, 2.24) is 5.32 Å². The molecule has 0 aromatic carbocycles. The molecule has 0 aliphatic carbocycles. The van der Waals surface area contributed by atoms with E-state index in [1.165, 1.54) is 45.1 Å². The molecule has 1 heterocycles. The first-order chi connectivity index (χ1) is 6.12. The van der Waals surface area contributed by atoms with E-state index >= 15 is 0 Å². The molecule has 1 aliphatic heterocycles. The predicted molar refractivity (Wildman–Crippen MR) is 58.9 cm³/mol. The number of nitrogens with one attached hydrogen (secondary N) is 1. The van der Waals surface area contributed by atoms with E-state index in [-0.39, 0.29) is 0 Å². The van der Waals surface area contributed by atoms with Crippen LogP contribution in [0.2, 0.25) is 0 Å². The van der Waals surface area contributed by atoms with E-state index in [1.54, 1.807) is 0 Å². The fourth-order valence-corrected chi connectivity index (χ4v) is 2.12. The van der Waals surface area contributed by atoms with Gasteiger partial charge in [0.25, 0.3) is 0 Å². The molecule has 0 amide bonds. The second-order valence-corrected chi connectivity index (χ2v) is 5.23. The third kappa shape index (κ3) is 4.12. The molecular weight excluding hydrogens is 158 g/mol. The van der Waals surface area contributed by atoms with Gasteiger partial charge in [0, 0.05) is 5.54 Å². The van der Waals surface area contributed by atoms with Crippen LogP contribution in [0.25, 0.3) is 0 Å². The lowest BCUT2D eigenvalue weighted by atomic mass is 9.88. The summed E-state index contributed by atoms with van der Waals surface area (Å²) in [4.78, 5) is 0. The Hall–Kier alpha value is -0.0400. The van der Waals surface area contributed by atoms with E-state index in [0.29, 0.717) is 5.54 Å². The first-order valence-corrected chi connectivity index (χ1v) is 5.87. The Morgan fingerprint density at radius 1 is 1.23 bits per heavy atom. The van der Waals surface area contributed by atoms with E-state index in [0.717, 1.165) is 5.92 Å². The monoisotopic (exact) mass is 183 g/mol. The Bertz CT molecular complexity index is 132. The normalized spacial score (nSPS) is 30.5. The van der Waals surface area contributed by atoms with Gasteiger partial charge in [-0.05, 0) is 45.1 Å². The van der Waals surface area contributed by atoms with Crippen LogP contribution in [0.5, 0.6) is 0 Å². The second-order valence-electron chi connectivity index (χ2n) is 5.23. The summed E-state index contributed by atoms with van der Waals surface area (Å²) >= 11 is 0. The Kier molecular flexibility index (Phi) is 4.24. The van der Waals surface area contributed by atoms with Gasteiger partial charge in [-0.15, -0.1) is 0 Å². The summed E-state index contributed by atoms with van der Waals surface area (Å²) in [7, 11) is 0. The predicted octanol–water partition coefficient (Wildman–Crippen LogP) is 3.34. The van der Waals surface area contributed by atoms with Gasteiger partial charge in [-0.1, -0.05) is 26.7 Å². The lowest BCUT2D eigenvalue weighted by Crippen LogP contribution is -2.41. The average Bonchev–Trinajstić information content (AvgIpc) is 2.28. The molecule has 0 radical (unpaired) electrons. The minimum atomic E-state index is 0.445. The van der Waals surface area contributed by atoms with Crippen molar-refractivity contribution in [1.29, 1.82) is 0 Å². The first-order valence-electron chi connectivity index (χ1n) is 5.87. The fraction of sp³-hybridized carbons (Fsp3) is 1.00. The zero-order valence-electron chi connectivity index (χ0n) is 9.53. The molecule has 1 unspecified atom stereocenters. The molecular formula is C12H25N. The van der Waals surface area contributed by atoms with Crippen LogP contribution in [-0.4, -0.2) is 12.1 Å². The number of rotatable bonds is 3. The van der Waals surface area contributed by atoms with E-state index in [4.69, 9.17) is 0 Å². The molecule has 1 aliphatic rings. The average molecular weight is 183 g/mol. The molecule has 0 aromatic rings. The highest BCUT2D eigenvalue weighted by atomic mass is 15.0. The van der Waals surface area contributed by atoms with Gasteiger partial charge in [-0.25, -0.2) is 0 Å². The molecule has 0 spiro atoms. The highest BCUT2D eigenvalue weighted by Crippen LogP contribution is 2.24. The molecule has 1 atom stereocenters. The Morgan fingerprint density at radius 2 is 2.00 bits per heavy atom. The maximum atomic E-state index is 3.71. The Morgan fingerprint density at radius 3 is 2.69 bits per heavy atom. The smallest absolute Gasteiger partial charge is 0.0153 e.